The van der Waals surface area contributed by atoms with Crippen LogP contribution in [0.15, 0.2) is 22.8 Å². The highest BCUT2D eigenvalue weighted by atomic mass is 32.1. The van der Waals surface area contributed by atoms with Crippen LogP contribution in [0.3, 0.4) is 0 Å². The van der Waals surface area contributed by atoms with E-state index >= 15 is 0 Å². The average Bonchev–Trinajstić information content (AvgIpc) is 3.13. The van der Waals surface area contributed by atoms with Crippen molar-refractivity contribution in [3.8, 4) is 0 Å². The van der Waals surface area contributed by atoms with Gasteiger partial charge in [-0.1, -0.05) is 6.92 Å². The number of nitrogens with one attached hydrogen (secondary N) is 1. The van der Waals surface area contributed by atoms with Crippen molar-refractivity contribution in [2.24, 2.45) is 0 Å². The van der Waals surface area contributed by atoms with E-state index in [1.54, 1.807) is 17.6 Å². The molecule has 0 saturated carbocycles. The summed E-state index contributed by atoms with van der Waals surface area (Å²) in [6.07, 6.45) is 2.55. The van der Waals surface area contributed by atoms with Crippen molar-refractivity contribution in [3.05, 3.63) is 39.7 Å². The van der Waals surface area contributed by atoms with Crippen molar-refractivity contribution in [3.63, 3.8) is 0 Å². The van der Waals surface area contributed by atoms with Gasteiger partial charge < -0.3 is 9.73 Å². The lowest BCUT2D eigenvalue weighted by molar-refractivity contribution is -0.122. The molecule has 5 nitrogen and oxygen atoms in total. The van der Waals surface area contributed by atoms with Crippen molar-refractivity contribution < 1.29 is 9.21 Å². The fraction of sp³-hybridized carbons (Fsp3) is 0.500. The number of nitrogens with zero attached hydrogens (tertiary/aromatic N) is 2. The largest absolute Gasteiger partial charge is 0.467 e. The number of amides is 1. The zero-order chi connectivity index (χ0) is 16.1. The molecular formula is C16H23N3O2S. The molecule has 0 aliphatic heterocycles. The van der Waals surface area contributed by atoms with Gasteiger partial charge in [0.25, 0.3) is 0 Å². The van der Waals surface area contributed by atoms with Gasteiger partial charge in [0.1, 0.15) is 5.76 Å². The Labute approximate surface area is 135 Å². The molecule has 1 atom stereocenters. The fourth-order valence-corrected chi connectivity index (χ4v) is 3.35. The lowest BCUT2D eigenvalue weighted by Gasteiger charge is -2.23. The minimum absolute atomic E-state index is 0.0105. The molecule has 0 bridgehead atoms. The van der Waals surface area contributed by atoms with E-state index in [1.807, 2.05) is 31.0 Å². The quantitative estimate of drug-likeness (QED) is 0.852. The molecule has 22 heavy (non-hydrogen) atoms. The number of rotatable bonds is 7. The van der Waals surface area contributed by atoms with Crippen LogP contribution < -0.4 is 5.32 Å². The van der Waals surface area contributed by atoms with Gasteiger partial charge >= 0.3 is 0 Å². The first kappa shape index (κ1) is 16.7. The van der Waals surface area contributed by atoms with E-state index in [1.165, 1.54) is 4.88 Å². The second-order valence-corrected chi connectivity index (χ2v) is 6.47. The van der Waals surface area contributed by atoms with Crippen LogP contribution in [0.2, 0.25) is 0 Å². The highest BCUT2D eigenvalue weighted by molar-refractivity contribution is 7.11. The van der Waals surface area contributed by atoms with Crippen molar-refractivity contribution in [2.75, 3.05) is 13.6 Å². The Hall–Kier alpha value is -1.66. The van der Waals surface area contributed by atoms with E-state index in [-0.39, 0.29) is 11.9 Å². The standard InChI is InChI=1S/C16H23N3O2S/c1-5-15-18-11(2)16(22-15)12(3)19(4)10-14(20)17-9-13-7-6-8-21-13/h6-8,12H,5,9-10H2,1-4H3,(H,17,20)/t12-/m1/s1. The van der Waals surface area contributed by atoms with Gasteiger partial charge in [-0.05, 0) is 39.4 Å². The van der Waals surface area contributed by atoms with Crippen LogP contribution in [0.4, 0.5) is 0 Å². The van der Waals surface area contributed by atoms with Crippen molar-refractivity contribution >= 4 is 17.2 Å². The molecule has 120 valence electrons. The number of aromatic nitrogens is 1. The van der Waals surface area contributed by atoms with E-state index in [0.717, 1.165) is 22.9 Å². The Morgan fingerprint density at radius 3 is 2.91 bits per heavy atom. The molecule has 6 heteroatoms. The Balaban J connectivity index is 1.88. The van der Waals surface area contributed by atoms with Crippen LogP contribution in [0, 0.1) is 6.92 Å². The van der Waals surface area contributed by atoms with Gasteiger partial charge in [-0.25, -0.2) is 4.98 Å². The van der Waals surface area contributed by atoms with E-state index in [4.69, 9.17) is 4.42 Å². The SMILES string of the molecule is CCc1nc(C)c([C@@H](C)N(C)CC(=O)NCc2ccco2)s1. The second kappa shape index (κ2) is 7.56. The van der Waals surface area contributed by atoms with E-state index in [9.17, 15) is 4.79 Å². The molecule has 1 N–H and O–H groups in total. The third kappa shape index (κ3) is 4.18. The zero-order valence-electron chi connectivity index (χ0n) is 13.5. The van der Waals surface area contributed by atoms with Gasteiger partial charge in [-0.15, -0.1) is 11.3 Å². The summed E-state index contributed by atoms with van der Waals surface area (Å²) in [5.74, 6) is 0.749. The molecule has 0 aliphatic carbocycles. The summed E-state index contributed by atoms with van der Waals surface area (Å²) < 4.78 is 5.20. The Kier molecular flexibility index (Phi) is 5.74. The van der Waals surface area contributed by atoms with E-state index < -0.39 is 0 Å². The van der Waals surface area contributed by atoms with Crippen molar-refractivity contribution in [1.29, 1.82) is 0 Å². The first-order valence-corrected chi connectivity index (χ1v) is 8.28. The second-order valence-electron chi connectivity index (χ2n) is 5.36. The van der Waals surface area contributed by atoms with Gasteiger partial charge in [0.05, 0.1) is 30.1 Å². The first-order valence-electron chi connectivity index (χ1n) is 7.46. The number of carbonyl (C=O) groups is 1. The predicted molar refractivity (Wildman–Crippen MR) is 87.8 cm³/mol. The van der Waals surface area contributed by atoms with Crippen LogP contribution in [0.1, 0.15) is 41.2 Å². The highest BCUT2D eigenvalue weighted by Gasteiger charge is 2.19. The summed E-state index contributed by atoms with van der Waals surface area (Å²) in [5.41, 5.74) is 1.07. The third-order valence-corrected chi connectivity index (χ3v) is 5.12. The number of likely N-dealkylation sites (N-methyl/N-ethyl adjacent to an activating group) is 1. The summed E-state index contributed by atoms with van der Waals surface area (Å²) >= 11 is 1.73. The van der Waals surface area contributed by atoms with Crippen LogP contribution in [0.5, 0.6) is 0 Å². The Morgan fingerprint density at radius 2 is 2.32 bits per heavy atom. The number of carbonyl (C=O) groups excluding carboxylic acids is 1. The van der Waals surface area contributed by atoms with Crippen LogP contribution >= 0.6 is 11.3 Å². The van der Waals surface area contributed by atoms with Crippen LogP contribution in [0.25, 0.3) is 0 Å². The maximum absolute atomic E-state index is 12.0. The first-order chi connectivity index (χ1) is 10.5. The topological polar surface area (TPSA) is 58.4 Å². The van der Waals surface area contributed by atoms with Crippen LogP contribution in [-0.4, -0.2) is 29.4 Å². The summed E-state index contributed by atoms with van der Waals surface area (Å²) in [6.45, 7) is 7.03. The molecule has 2 rings (SSSR count). The fourth-order valence-electron chi connectivity index (χ4n) is 2.22. The molecule has 0 unspecified atom stereocenters. The molecule has 1 amide bonds. The number of thiazole rings is 1. The van der Waals surface area contributed by atoms with Gasteiger partial charge in [0.2, 0.25) is 5.91 Å². The number of aryl methyl sites for hydroxylation is 2. The van der Waals surface area contributed by atoms with Crippen LogP contribution in [-0.2, 0) is 17.8 Å². The minimum atomic E-state index is -0.0105. The van der Waals surface area contributed by atoms with E-state index in [0.29, 0.717) is 13.1 Å². The maximum atomic E-state index is 12.0. The monoisotopic (exact) mass is 321 g/mol. The highest BCUT2D eigenvalue weighted by Crippen LogP contribution is 2.28. The molecular weight excluding hydrogens is 298 g/mol. The van der Waals surface area contributed by atoms with Crippen molar-refractivity contribution in [1.82, 2.24) is 15.2 Å². The summed E-state index contributed by atoms with van der Waals surface area (Å²) in [5, 5.41) is 4.01. The number of furan rings is 1. The summed E-state index contributed by atoms with van der Waals surface area (Å²) in [4.78, 5) is 19.9. The molecule has 0 radical (unpaired) electrons. The van der Waals surface area contributed by atoms with Gasteiger partial charge in [-0.2, -0.15) is 0 Å². The minimum Gasteiger partial charge on any atom is -0.467 e. The number of hydrogen-bond donors (Lipinski definition) is 1. The molecule has 0 spiro atoms. The van der Waals surface area contributed by atoms with Gasteiger partial charge in [0, 0.05) is 10.9 Å². The lowest BCUT2D eigenvalue weighted by Crippen LogP contribution is -2.36. The molecule has 2 aromatic rings. The molecule has 0 aliphatic rings. The molecule has 0 fully saturated rings. The molecule has 2 heterocycles. The maximum Gasteiger partial charge on any atom is 0.234 e. The normalized spacial score (nSPS) is 12.6. The Morgan fingerprint density at radius 1 is 1.55 bits per heavy atom. The van der Waals surface area contributed by atoms with Crippen molar-refractivity contribution in [2.45, 2.75) is 39.8 Å². The summed E-state index contributed by atoms with van der Waals surface area (Å²) in [7, 11) is 1.96. The lowest BCUT2D eigenvalue weighted by atomic mass is 10.2. The van der Waals surface area contributed by atoms with Gasteiger partial charge in [-0.3, -0.25) is 9.69 Å². The smallest absolute Gasteiger partial charge is 0.234 e. The average molecular weight is 321 g/mol. The third-order valence-electron chi connectivity index (χ3n) is 3.65. The van der Waals surface area contributed by atoms with Gasteiger partial charge in [0.15, 0.2) is 0 Å². The number of hydrogen-bond acceptors (Lipinski definition) is 5. The molecule has 0 aromatic carbocycles. The Bertz CT molecular complexity index is 607. The zero-order valence-corrected chi connectivity index (χ0v) is 14.4. The molecule has 2 aromatic heterocycles. The summed E-state index contributed by atoms with van der Waals surface area (Å²) in [6, 6.07) is 3.83. The van der Waals surface area contributed by atoms with E-state index in [2.05, 4.69) is 24.1 Å². The predicted octanol–water partition coefficient (Wildman–Crippen LogP) is 2.92. The molecule has 0 saturated heterocycles.